The van der Waals surface area contributed by atoms with Gasteiger partial charge in [-0.15, -0.1) is 0 Å². The van der Waals surface area contributed by atoms with E-state index < -0.39 is 10.9 Å². The normalized spacial score (nSPS) is 10.4. The summed E-state index contributed by atoms with van der Waals surface area (Å²) in [5.74, 6) is -0.504. The van der Waals surface area contributed by atoms with Gasteiger partial charge in [0.25, 0.3) is 5.69 Å². The quantitative estimate of drug-likeness (QED) is 0.298. The number of esters is 1. The molecule has 0 unspecified atom stereocenters. The summed E-state index contributed by atoms with van der Waals surface area (Å²) in [5, 5.41) is 30.6. The Morgan fingerprint density at radius 1 is 1.00 bits per heavy atom. The number of ether oxygens (including phenoxy) is 1. The maximum Gasteiger partial charge on any atom is 0.357 e. The molecule has 0 aliphatic rings. The highest BCUT2D eigenvalue weighted by atomic mass is 16.6. The van der Waals surface area contributed by atoms with Crippen LogP contribution in [0.1, 0.15) is 57.6 Å². The Kier molecular flexibility index (Phi) is 11.8. The number of nitro benzene ring substituents is 1. The minimum atomic E-state index is -0.504. The zero-order valence-electron chi connectivity index (χ0n) is 21.2. The second kappa shape index (κ2) is 14.0. The number of carbonyl (C=O) groups excluding carboxylic acids is 1. The molecule has 35 heavy (non-hydrogen) atoms. The van der Waals surface area contributed by atoms with Gasteiger partial charge in [-0.2, -0.15) is 5.10 Å². The first-order chi connectivity index (χ1) is 16.5. The lowest BCUT2D eigenvalue weighted by molar-refractivity contribution is -0.384. The molecule has 1 aromatic heterocycles. The van der Waals surface area contributed by atoms with E-state index in [0.717, 1.165) is 5.56 Å². The molecule has 0 atom stereocenters. The number of aromatic nitrogens is 2. The summed E-state index contributed by atoms with van der Waals surface area (Å²) >= 11 is 0. The second-order valence-corrected chi connectivity index (χ2v) is 8.28. The summed E-state index contributed by atoms with van der Waals surface area (Å²) in [6.45, 7) is 12.3. The first-order valence-electron chi connectivity index (χ1n) is 11.4. The van der Waals surface area contributed by atoms with Crippen LogP contribution in [0.4, 0.5) is 5.69 Å². The van der Waals surface area contributed by atoms with Crippen LogP contribution in [0.25, 0.3) is 16.9 Å². The standard InChI is InChI=1S/C22H23N3O4.2C2H6O/c1-5-29-21(26)20-14-19(15-6-8-16(9-7-15)22(2,3)4)23-24(20)17-10-12-18(13-11-17)25(27)28;2*1-2-3/h6-14H,5H2,1-4H3;2*3H,2H2,1H3. The number of non-ortho nitro benzene ring substituents is 1. The minimum Gasteiger partial charge on any atom is -0.461 e. The second-order valence-electron chi connectivity index (χ2n) is 8.28. The Labute approximate surface area is 206 Å². The number of nitrogens with zero attached hydrogens (tertiary/aromatic N) is 3. The third-order valence-electron chi connectivity index (χ3n) is 4.55. The molecule has 0 fully saturated rings. The third-order valence-corrected chi connectivity index (χ3v) is 4.55. The van der Waals surface area contributed by atoms with Gasteiger partial charge in [-0.25, -0.2) is 9.48 Å². The summed E-state index contributed by atoms with van der Waals surface area (Å²) in [6.07, 6.45) is 0. The van der Waals surface area contributed by atoms with Crippen LogP contribution < -0.4 is 0 Å². The molecule has 3 rings (SSSR count). The van der Waals surface area contributed by atoms with E-state index in [-0.39, 0.29) is 36.6 Å². The van der Waals surface area contributed by atoms with E-state index in [1.54, 1.807) is 39.0 Å². The lowest BCUT2D eigenvalue weighted by Crippen LogP contribution is -2.11. The monoisotopic (exact) mass is 485 g/mol. The lowest BCUT2D eigenvalue weighted by Gasteiger charge is -2.18. The van der Waals surface area contributed by atoms with Gasteiger partial charge in [0.1, 0.15) is 0 Å². The first-order valence-corrected chi connectivity index (χ1v) is 11.4. The number of hydrogen-bond acceptors (Lipinski definition) is 7. The molecule has 190 valence electrons. The van der Waals surface area contributed by atoms with Crippen LogP contribution in [0.15, 0.2) is 54.6 Å². The van der Waals surface area contributed by atoms with Gasteiger partial charge in [0, 0.05) is 30.9 Å². The summed E-state index contributed by atoms with van der Waals surface area (Å²) in [5.41, 5.74) is 3.48. The average Bonchev–Trinajstić information content (AvgIpc) is 3.26. The molecule has 0 saturated heterocycles. The SMILES string of the molecule is CCO.CCO.CCOC(=O)c1cc(-c2ccc(C(C)(C)C)cc2)nn1-c1ccc([N+](=O)[O-])cc1. The van der Waals surface area contributed by atoms with Crippen molar-refractivity contribution in [3.8, 4) is 16.9 Å². The fourth-order valence-corrected chi connectivity index (χ4v) is 2.93. The van der Waals surface area contributed by atoms with Crippen molar-refractivity contribution in [2.24, 2.45) is 0 Å². The van der Waals surface area contributed by atoms with Crippen molar-refractivity contribution >= 4 is 11.7 Å². The van der Waals surface area contributed by atoms with Crippen LogP contribution in [0.3, 0.4) is 0 Å². The van der Waals surface area contributed by atoms with Crippen LogP contribution in [0, 0.1) is 10.1 Å². The molecule has 2 N–H and O–H groups in total. The molecule has 0 bridgehead atoms. The van der Waals surface area contributed by atoms with Crippen molar-refractivity contribution in [1.29, 1.82) is 0 Å². The summed E-state index contributed by atoms with van der Waals surface area (Å²) in [7, 11) is 0. The Bertz CT molecular complexity index is 1070. The fourth-order valence-electron chi connectivity index (χ4n) is 2.93. The minimum absolute atomic E-state index is 0.0309. The maximum absolute atomic E-state index is 12.5. The highest BCUT2D eigenvalue weighted by molar-refractivity contribution is 5.89. The van der Waals surface area contributed by atoms with E-state index in [1.807, 2.05) is 24.3 Å². The van der Waals surface area contributed by atoms with E-state index in [9.17, 15) is 14.9 Å². The summed E-state index contributed by atoms with van der Waals surface area (Å²) < 4.78 is 6.61. The van der Waals surface area contributed by atoms with Gasteiger partial charge >= 0.3 is 5.97 Å². The van der Waals surface area contributed by atoms with E-state index in [2.05, 4.69) is 25.9 Å². The van der Waals surface area contributed by atoms with Gasteiger partial charge in [-0.3, -0.25) is 10.1 Å². The number of benzene rings is 2. The summed E-state index contributed by atoms with van der Waals surface area (Å²) in [6, 6.07) is 15.6. The lowest BCUT2D eigenvalue weighted by atomic mass is 9.86. The van der Waals surface area contributed by atoms with Gasteiger partial charge in [0.15, 0.2) is 5.69 Å². The van der Waals surface area contributed by atoms with Crippen molar-refractivity contribution in [1.82, 2.24) is 9.78 Å². The molecule has 9 heteroatoms. The zero-order chi connectivity index (χ0) is 26.6. The van der Waals surface area contributed by atoms with Crippen molar-refractivity contribution in [3.63, 3.8) is 0 Å². The number of nitro groups is 1. The van der Waals surface area contributed by atoms with E-state index in [4.69, 9.17) is 14.9 Å². The number of hydrogen-bond donors (Lipinski definition) is 2. The van der Waals surface area contributed by atoms with Crippen LogP contribution >= 0.6 is 0 Å². The highest BCUT2D eigenvalue weighted by Gasteiger charge is 2.20. The fraction of sp³-hybridized carbons (Fsp3) is 0.385. The molecule has 0 spiro atoms. The van der Waals surface area contributed by atoms with Gasteiger partial charge in [-0.1, -0.05) is 45.0 Å². The molecular weight excluding hydrogens is 450 g/mol. The highest BCUT2D eigenvalue weighted by Crippen LogP contribution is 2.27. The molecule has 0 aliphatic carbocycles. The van der Waals surface area contributed by atoms with Crippen molar-refractivity contribution < 1.29 is 24.7 Å². The van der Waals surface area contributed by atoms with E-state index in [1.165, 1.54) is 22.4 Å². The Balaban J connectivity index is 0.000000926. The molecule has 0 radical (unpaired) electrons. The molecule has 0 amide bonds. The number of aliphatic hydroxyl groups is 2. The van der Waals surface area contributed by atoms with Crippen LogP contribution in [-0.2, 0) is 10.2 Å². The van der Waals surface area contributed by atoms with Crippen LogP contribution in [0.2, 0.25) is 0 Å². The number of carbonyl (C=O) groups is 1. The smallest absolute Gasteiger partial charge is 0.357 e. The number of aliphatic hydroxyl groups excluding tert-OH is 2. The van der Waals surface area contributed by atoms with E-state index in [0.29, 0.717) is 11.4 Å². The predicted octanol–water partition coefficient (Wildman–Crippen LogP) is 4.92. The molecular formula is C26H35N3O6. The Hall–Kier alpha value is -3.56. The van der Waals surface area contributed by atoms with Crippen LogP contribution in [0.5, 0.6) is 0 Å². The Morgan fingerprint density at radius 3 is 1.94 bits per heavy atom. The van der Waals surface area contributed by atoms with Crippen molar-refractivity contribution in [3.05, 3.63) is 76.0 Å². The van der Waals surface area contributed by atoms with Gasteiger partial charge in [0.2, 0.25) is 0 Å². The topological polar surface area (TPSA) is 128 Å². The van der Waals surface area contributed by atoms with Crippen molar-refractivity contribution in [2.45, 2.75) is 47.0 Å². The number of rotatable bonds is 5. The zero-order valence-corrected chi connectivity index (χ0v) is 21.2. The van der Waals surface area contributed by atoms with Crippen LogP contribution in [-0.4, -0.2) is 50.7 Å². The molecule has 9 nitrogen and oxygen atoms in total. The molecule has 0 saturated carbocycles. The largest absolute Gasteiger partial charge is 0.461 e. The summed E-state index contributed by atoms with van der Waals surface area (Å²) in [4.78, 5) is 22.9. The maximum atomic E-state index is 12.5. The average molecular weight is 486 g/mol. The third kappa shape index (κ3) is 8.62. The van der Waals surface area contributed by atoms with Gasteiger partial charge < -0.3 is 14.9 Å². The molecule has 1 heterocycles. The predicted molar refractivity (Wildman–Crippen MR) is 136 cm³/mol. The van der Waals surface area contributed by atoms with Gasteiger partial charge in [-0.05, 0) is 49.9 Å². The van der Waals surface area contributed by atoms with Crippen molar-refractivity contribution in [2.75, 3.05) is 19.8 Å². The molecule has 0 aliphatic heterocycles. The molecule has 2 aromatic carbocycles. The Morgan fingerprint density at radius 2 is 1.51 bits per heavy atom. The van der Waals surface area contributed by atoms with Gasteiger partial charge in [0.05, 0.1) is 22.9 Å². The molecule has 3 aromatic rings. The first kappa shape index (κ1) is 29.5. The van der Waals surface area contributed by atoms with E-state index >= 15 is 0 Å².